The minimum atomic E-state index is 0.00403. The molecule has 0 aliphatic rings. The van der Waals surface area contributed by atoms with Crippen molar-refractivity contribution in [1.29, 1.82) is 0 Å². The predicted molar refractivity (Wildman–Crippen MR) is 56.7 cm³/mol. The zero-order valence-electron chi connectivity index (χ0n) is 7.73. The van der Waals surface area contributed by atoms with E-state index in [1.165, 1.54) is 11.3 Å². The molecule has 0 saturated heterocycles. The summed E-state index contributed by atoms with van der Waals surface area (Å²) in [5.41, 5.74) is 3.93. The van der Waals surface area contributed by atoms with Crippen molar-refractivity contribution in [2.75, 3.05) is 0 Å². The Labute approximate surface area is 86.2 Å². The Hall–Kier alpha value is -1.48. The first-order chi connectivity index (χ1) is 6.79. The maximum absolute atomic E-state index is 11.9. The van der Waals surface area contributed by atoms with Gasteiger partial charge in [-0.2, -0.15) is 0 Å². The molecular weight excluding hydrogens is 194 g/mol. The molecule has 1 heterocycles. The summed E-state index contributed by atoms with van der Waals surface area (Å²) in [6.07, 6.45) is 0. The second kappa shape index (κ2) is 3.72. The fourth-order valence-electron chi connectivity index (χ4n) is 1.29. The van der Waals surface area contributed by atoms with Gasteiger partial charge >= 0.3 is 0 Å². The van der Waals surface area contributed by atoms with Gasteiger partial charge in [0.25, 0.3) is 0 Å². The van der Waals surface area contributed by atoms with E-state index in [-0.39, 0.29) is 5.78 Å². The third-order valence-electron chi connectivity index (χ3n) is 2.05. The molecule has 0 radical (unpaired) electrons. The van der Waals surface area contributed by atoms with Crippen LogP contribution in [0, 0.1) is 6.92 Å². The largest absolute Gasteiger partial charge is 0.287 e. The van der Waals surface area contributed by atoms with Crippen LogP contribution in [0.1, 0.15) is 21.6 Å². The molecular formula is C11H9NOS. The monoisotopic (exact) mass is 203 g/mol. The van der Waals surface area contributed by atoms with Gasteiger partial charge in [-0.3, -0.25) is 4.79 Å². The molecule has 70 valence electrons. The van der Waals surface area contributed by atoms with Crippen molar-refractivity contribution in [3.8, 4) is 0 Å². The van der Waals surface area contributed by atoms with Gasteiger partial charge in [-0.25, -0.2) is 4.98 Å². The molecule has 0 unspecified atom stereocenters. The lowest BCUT2D eigenvalue weighted by atomic mass is 10.0. The number of aryl methyl sites for hydroxylation is 1. The third-order valence-corrected chi connectivity index (χ3v) is 2.64. The molecule has 0 amide bonds. The van der Waals surface area contributed by atoms with Crippen molar-refractivity contribution in [3.05, 3.63) is 52.0 Å². The van der Waals surface area contributed by atoms with Crippen molar-refractivity contribution in [2.45, 2.75) is 6.92 Å². The summed E-state index contributed by atoms with van der Waals surface area (Å²) < 4.78 is 0. The lowest BCUT2D eigenvalue weighted by molar-refractivity contribution is 0.103. The average Bonchev–Trinajstić information content (AvgIpc) is 2.70. The lowest BCUT2D eigenvalue weighted by Crippen LogP contribution is -2.03. The highest BCUT2D eigenvalue weighted by atomic mass is 32.1. The zero-order valence-corrected chi connectivity index (χ0v) is 8.54. The number of benzene rings is 1. The van der Waals surface area contributed by atoms with Crippen molar-refractivity contribution >= 4 is 17.1 Å². The molecule has 0 atom stereocenters. The second-order valence-electron chi connectivity index (χ2n) is 3.02. The molecule has 1 aromatic carbocycles. The normalized spacial score (nSPS) is 10.1. The van der Waals surface area contributed by atoms with Crippen LogP contribution in [0.2, 0.25) is 0 Å². The zero-order chi connectivity index (χ0) is 9.97. The number of thiazole rings is 1. The number of carbonyl (C=O) groups is 1. The Morgan fingerprint density at radius 1 is 1.36 bits per heavy atom. The van der Waals surface area contributed by atoms with Crippen LogP contribution in [0.4, 0.5) is 0 Å². The van der Waals surface area contributed by atoms with Crippen LogP contribution >= 0.6 is 11.3 Å². The maximum atomic E-state index is 11.9. The van der Waals surface area contributed by atoms with Gasteiger partial charge in [0.2, 0.25) is 5.78 Å². The molecule has 0 aliphatic carbocycles. The highest BCUT2D eigenvalue weighted by molar-refractivity contribution is 7.07. The van der Waals surface area contributed by atoms with E-state index in [0.29, 0.717) is 5.69 Å². The molecule has 14 heavy (non-hydrogen) atoms. The lowest BCUT2D eigenvalue weighted by Gasteiger charge is -2.00. The summed E-state index contributed by atoms with van der Waals surface area (Å²) in [5.74, 6) is 0.00403. The van der Waals surface area contributed by atoms with E-state index in [0.717, 1.165) is 11.1 Å². The van der Waals surface area contributed by atoms with Gasteiger partial charge in [-0.1, -0.05) is 24.3 Å². The fraction of sp³-hybridized carbons (Fsp3) is 0.0909. The van der Waals surface area contributed by atoms with Crippen molar-refractivity contribution < 1.29 is 4.79 Å². The number of rotatable bonds is 2. The molecule has 2 nitrogen and oxygen atoms in total. The number of nitrogens with zero attached hydrogens (tertiary/aromatic N) is 1. The number of hydrogen-bond donors (Lipinski definition) is 0. The molecule has 2 aromatic rings. The highest BCUT2D eigenvalue weighted by Crippen LogP contribution is 2.13. The van der Waals surface area contributed by atoms with Crippen LogP contribution in [0.15, 0.2) is 35.2 Å². The summed E-state index contributed by atoms with van der Waals surface area (Å²) in [6, 6.07) is 7.55. The molecule has 0 saturated carbocycles. The predicted octanol–water partition coefficient (Wildman–Crippen LogP) is 2.68. The molecule has 0 fully saturated rings. The molecule has 0 bridgehead atoms. The first-order valence-corrected chi connectivity index (χ1v) is 5.22. The van der Waals surface area contributed by atoms with Crippen LogP contribution in [0.5, 0.6) is 0 Å². The van der Waals surface area contributed by atoms with E-state index in [2.05, 4.69) is 4.98 Å². The molecule has 2 rings (SSSR count). The molecule has 3 heteroatoms. The quantitative estimate of drug-likeness (QED) is 0.702. The van der Waals surface area contributed by atoms with Crippen molar-refractivity contribution in [3.63, 3.8) is 0 Å². The van der Waals surface area contributed by atoms with Gasteiger partial charge in [-0.05, 0) is 12.5 Å². The van der Waals surface area contributed by atoms with Crippen molar-refractivity contribution in [2.24, 2.45) is 0 Å². The fourth-order valence-corrected chi connectivity index (χ4v) is 1.82. The second-order valence-corrected chi connectivity index (χ2v) is 3.74. The minimum absolute atomic E-state index is 0.00403. The van der Waals surface area contributed by atoms with Gasteiger partial charge in [-0.15, -0.1) is 11.3 Å². The van der Waals surface area contributed by atoms with Gasteiger partial charge < -0.3 is 0 Å². The Kier molecular flexibility index (Phi) is 2.41. The highest BCUT2D eigenvalue weighted by Gasteiger charge is 2.12. The Morgan fingerprint density at radius 3 is 2.79 bits per heavy atom. The van der Waals surface area contributed by atoms with Gasteiger partial charge in [0.15, 0.2) is 0 Å². The summed E-state index contributed by atoms with van der Waals surface area (Å²) in [5, 5.41) is 1.77. The van der Waals surface area contributed by atoms with E-state index in [1.54, 1.807) is 10.9 Å². The van der Waals surface area contributed by atoms with E-state index >= 15 is 0 Å². The summed E-state index contributed by atoms with van der Waals surface area (Å²) in [7, 11) is 0. The van der Waals surface area contributed by atoms with Crippen LogP contribution in [-0.4, -0.2) is 10.8 Å². The van der Waals surface area contributed by atoms with E-state index < -0.39 is 0 Å². The summed E-state index contributed by atoms with van der Waals surface area (Å²) in [4.78, 5) is 15.9. The van der Waals surface area contributed by atoms with Crippen molar-refractivity contribution in [1.82, 2.24) is 4.98 Å². The maximum Gasteiger partial charge on any atom is 0.212 e. The molecule has 0 spiro atoms. The van der Waals surface area contributed by atoms with Crippen LogP contribution in [-0.2, 0) is 0 Å². The smallest absolute Gasteiger partial charge is 0.212 e. The Balaban J connectivity index is 2.42. The molecule has 0 aliphatic heterocycles. The van der Waals surface area contributed by atoms with Gasteiger partial charge in [0.05, 0.1) is 5.51 Å². The SMILES string of the molecule is Cc1ccccc1C(=O)c1cscn1. The van der Waals surface area contributed by atoms with Crippen LogP contribution < -0.4 is 0 Å². The van der Waals surface area contributed by atoms with Gasteiger partial charge in [0, 0.05) is 10.9 Å². The average molecular weight is 203 g/mol. The number of carbonyl (C=O) groups excluding carboxylic acids is 1. The van der Waals surface area contributed by atoms with Crippen LogP contribution in [0.25, 0.3) is 0 Å². The number of hydrogen-bond acceptors (Lipinski definition) is 3. The number of ketones is 1. The Morgan fingerprint density at radius 2 is 2.14 bits per heavy atom. The van der Waals surface area contributed by atoms with E-state index in [4.69, 9.17) is 0 Å². The molecule has 0 N–H and O–H groups in total. The summed E-state index contributed by atoms with van der Waals surface area (Å²) in [6.45, 7) is 1.93. The summed E-state index contributed by atoms with van der Waals surface area (Å²) >= 11 is 1.44. The van der Waals surface area contributed by atoms with Gasteiger partial charge in [0.1, 0.15) is 5.69 Å². The third kappa shape index (κ3) is 1.59. The first kappa shape index (κ1) is 9.09. The standard InChI is InChI=1S/C11H9NOS/c1-8-4-2-3-5-9(8)11(13)10-6-14-7-12-10/h2-7H,1H3. The van der Waals surface area contributed by atoms with E-state index in [1.807, 2.05) is 31.2 Å². The Bertz CT molecular complexity index is 448. The minimum Gasteiger partial charge on any atom is -0.287 e. The topological polar surface area (TPSA) is 30.0 Å². The first-order valence-electron chi connectivity index (χ1n) is 4.27. The molecule has 1 aromatic heterocycles. The number of aromatic nitrogens is 1. The van der Waals surface area contributed by atoms with Crippen LogP contribution in [0.3, 0.4) is 0 Å². The van der Waals surface area contributed by atoms with E-state index in [9.17, 15) is 4.79 Å².